The first-order valence-electron chi connectivity index (χ1n) is 14.9. The molecular weight excluding hydrogens is 534 g/mol. The molecule has 4 heterocycles. The van der Waals surface area contributed by atoms with Crippen LogP contribution >= 0.6 is 0 Å². The van der Waals surface area contributed by atoms with Gasteiger partial charge in [0.1, 0.15) is 11.3 Å². The van der Waals surface area contributed by atoms with Gasteiger partial charge in [0.25, 0.3) is 0 Å². The maximum absolute atomic E-state index is 11.7. The van der Waals surface area contributed by atoms with Gasteiger partial charge in [0.2, 0.25) is 5.91 Å². The number of likely N-dealkylation sites (tertiary alicyclic amines) is 1. The van der Waals surface area contributed by atoms with Crippen LogP contribution in [-0.4, -0.2) is 49.5 Å². The van der Waals surface area contributed by atoms with Crippen molar-refractivity contribution < 1.29 is 4.79 Å². The van der Waals surface area contributed by atoms with Crippen molar-refractivity contribution in [2.75, 3.05) is 18.8 Å². The Balaban J connectivity index is 1.13. The second-order valence-corrected chi connectivity index (χ2v) is 11.9. The van der Waals surface area contributed by atoms with Gasteiger partial charge in [-0.25, -0.2) is 15.0 Å². The van der Waals surface area contributed by atoms with Gasteiger partial charge in [-0.2, -0.15) is 0 Å². The van der Waals surface area contributed by atoms with Gasteiger partial charge in [0, 0.05) is 43.1 Å². The lowest BCUT2D eigenvalue weighted by Crippen LogP contribution is -2.58. The first kappa shape index (κ1) is 27.0. The Morgan fingerprint density at radius 2 is 1.74 bits per heavy atom. The Morgan fingerprint density at radius 3 is 2.47 bits per heavy atom. The third-order valence-corrected chi connectivity index (χ3v) is 8.95. The number of imidazole rings is 1. The standard InChI is InChI=1S/C35H35N7O/c1-2-31(43)38-26-16-18-35(19-17-26)22-41(23-35)21-24-10-12-27(13-11-24)42-33(28-9-6-20-37-32(28)36)40-30-15-14-29(39-34(30)42)25-7-4-3-5-8-25/h2-15,20,26H,1,16-19,21-23H2,(H2,36,37)(H,38,43). The number of nitrogens with one attached hydrogen (secondary N) is 1. The third-order valence-electron chi connectivity index (χ3n) is 8.95. The van der Waals surface area contributed by atoms with Crippen molar-refractivity contribution in [1.82, 2.24) is 29.7 Å². The molecule has 3 N–H and O–H groups in total. The van der Waals surface area contributed by atoms with E-state index in [4.69, 9.17) is 15.7 Å². The largest absolute Gasteiger partial charge is 0.383 e. The molecular formula is C35H35N7O. The Bertz CT molecular complexity index is 1780. The molecule has 216 valence electrons. The molecule has 3 aromatic heterocycles. The summed E-state index contributed by atoms with van der Waals surface area (Å²) >= 11 is 0. The van der Waals surface area contributed by atoms with E-state index in [0.29, 0.717) is 11.2 Å². The number of aromatic nitrogens is 4. The van der Waals surface area contributed by atoms with Crippen LogP contribution in [0.2, 0.25) is 0 Å². The van der Waals surface area contributed by atoms with Gasteiger partial charge in [-0.1, -0.05) is 49.0 Å². The molecule has 5 aromatic rings. The highest BCUT2D eigenvalue weighted by Gasteiger charge is 2.44. The smallest absolute Gasteiger partial charge is 0.243 e. The molecule has 1 saturated heterocycles. The summed E-state index contributed by atoms with van der Waals surface area (Å²) in [4.78, 5) is 28.6. The van der Waals surface area contributed by atoms with E-state index in [9.17, 15) is 4.79 Å². The minimum Gasteiger partial charge on any atom is -0.383 e. The highest BCUT2D eigenvalue weighted by Crippen LogP contribution is 2.44. The average molecular weight is 570 g/mol. The molecule has 1 amide bonds. The molecule has 43 heavy (non-hydrogen) atoms. The van der Waals surface area contributed by atoms with Gasteiger partial charge in [-0.05, 0) is 79.1 Å². The molecule has 1 spiro atoms. The van der Waals surface area contributed by atoms with Gasteiger partial charge in [-0.3, -0.25) is 14.3 Å². The highest BCUT2D eigenvalue weighted by atomic mass is 16.1. The number of carbonyl (C=O) groups excluding carboxylic acids is 1. The minimum absolute atomic E-state index is 0.0632. The molecule has 2 fully saturated rings. The molecule has 8 heteroatoms. The van der Waals surface area contributed by atoms with E-state index >= 15 is 0 Å². The van der Waals surface area contributed by atoms with E-state index in [1.165, 1.54) is 11.6 Å². The fraction of sp³-hybridized carbons (Fsp3) is 0.257. The maximum Gasteiger partial charge on any atom is 0.243 e. The predicted molar refractivity (Wildman–Crippen MR) is 170 cm³/mol. The van der Waals surface area contributed by atoms with Crippen LogP contribution in [0.4, 0.5) is 5.82 Å². The molecule has 0 atom stereocenters. The topological polar surface area (TPSA) is 102 Å². The summed E-state index contributed by atoms with van der Waals surface area (Å²) in [6.07, 6.45) is 7.48. The second-order valence-electron chi connectivity index (χ2n) is 11.9. The van der Waals surface area contributed by atoms with Crippen LogP contribution in [-0.2, 0) is 11.3 Å². The Hall–Kier alpha value is -4.82. The quantitative estimate of drug-likeness (QED) is 0.241. The van der Waals surface area contributed by atoms with Gasteiger partial charge in [0.05, 0.1) is 11.3 Å². The van der Waals surface area contributed by atoms with E-state index in [0.717, 1.165) is 84.8 Å². The number of benzene rings is 2. The number of rotatable bonds is 7. The third kappa shape index (κ3) is 5.30. The van der Waals surface area contributed by atoms with Gasteiger partial charge < -0.3 is 11.1 Å². The summed E-state index contributed by atoms with van der Waals surface area (Å²) in [6, 6.07) is 27.0. The van der Waals surface area contributed by atoms with Crippen molar-refractivity contribution in [3.8, 4) is 28.3 Å². The lowest BCUT2D eigenvalue weighted by Gasteiger charge is -2.53. The maximum atomic E-state index is 11.7. The lowest BCUT2D eigenvalue weighted by atomic mass is 9.67. The van der Waals surface area contributed by atoms with Crippen molar-refractivity contribution in [3.05, 3.63) is 103 Å². The molecule has 1 aliphatic heterocycles. The van der Waals surface area contributed by atoms with Gasteiger partial charge >= 0.3 is 0 Å². The van der Waals surface area contributed by atoms with E-state index in [1.54, 1.807) is 6.20 Å². The molecule has 1 saturated carbocycles. The number of fused-ring (bicyclic) bond motifs is 1. The number of anilines is 1. The number of pyridine rings is 2. The zero-order valence-corrected chi connectivity index (χ0v) is 24.1. The van der Waals surface area contributed by atoms with Crippen molar-refractivity contribution in [2.24, 2.45) is 5.41 Å². The molecule has 8 nitrogen and oxygen atoms in total. The number of nitrogens with zero attached hydrogens (tertiary/aromatic N) is 5. The van der Waals surface area contributed by atoms with Crippen LogP contribution in [0.3, 0.4) is 0 Å². The first-order valence-corrected chi connectivity index (χ1v) is 14.9. The van der Waals surface area contributed by atoms with E-state index in [-0.39, 0.29) is 11.9 Å². The van der Waals surface area contributed by atoms with Crippen molar-refractivity contribution in [1.29, 1.82) is 0 Å². The number of nitrogen functional groups attached to an aromatic ring is 1. The van der Waals surface area contributed by atoms with Crippen molar-refractivity contribution in [2.45, 2.75) is 38.3 Å². The summed E-state index contributed by atoms with van der Waals surface area (Å²) in [7, 11) is 0. The molecule has 0 bridgehead atoms. The average Bonchev–Trinajstić information content (AvgIpc) is 3.41. The number of hydrogen-bond acceptors (Lipinski definition) is 6. The molecule has 2 aromatic carbocycles. The van der Waals surface area contributed by atoms with Crippen molar-refractivity contribution >= 4 is 22.9 Å². The number of hydrogen-bond donors (Lipinski definition) is 2. The minimum atomic E-state index is -0.0632. The molecule has 1 aliphatic carbocycles. The fourth-order valence-corrected chi connectivity index (χ4v) is 6.73. The predicted octanol–water partition coefficient (Wildman–Crippen LogP) is 5.78. The molecule has 0 radical (unpaired) electrons. The monoisotopic (exact) mass is 569 g/mol. The van der Waals surface area contributed by atoms with Gasteiger partial charge in [-0.15, -0.1) is 0 Å². The molecule has 7 rings (SSSR count). The number of carbonyl (C=O) groups is 1. The summed E-state index contributed by atoms with van der Waals surface area (Å²) in [5.41, 5.74) is 13.3. The summed E-state index contributed by atoms with van der Waals surface area (Å²) in [6.45, 7) is 6.71. The Labute approximate surface area is 251 Å². The number of amides is 1. The van der Waals surface area contributed by atoms with Crippen LogP contribution in [0.5, 0.6) is 0 Å². The summed E-state index contributed by atoms with van der Waals surface area (Å²) < 4.78 is 2.08. The first-order chi connectivity index (χ1) is 21.0. The zero-order chi connectivity index (χ0) is 29.4. The van der Waals surface area contributed by atoms with Gasteiger partial charge in [0.15, 0.2) is 11.5 Å². The highest BCUT2D eigenvalue weighted by molar-refractivity contribution is 5.87. The fourth-order valence-electron chi connectivity index (χ4n) is 6.73. The molecule has 0 unspecified atom stereocenters. The second kappa shape index (κ2) is 11.1. The molecule has 2 aliphatic rings. The van der Waals surface area contributed by atoms with E-state index in [1.807, 2.05) is 42.5 Å². The normalized spacial score (nSPS) is 16.7. The Morgan fingerprint density at radius 1 is 0.977 bits per heavy atom. The summed E-state index contributed by atoms with van der Waals surface area (Å²) in [5, 5.41) is 3.07. The van der Waals surface area contributed by atoms with Crippen LogP contribution in [0, 0.1) is 5.41 Å². The van der Waals surface area contributed by atoms with Crippen LogP contribution in [0.1, 0.15) is 31.2 Å². The zero-order valence-electron chi connectivity index (χ0n) is 24.1. The van der Waals surface area contributed by atoms with Crippen LogP contribution < -0.4 is 11.1 Å². The van der Waals surface area contributed by atoms with Crippen LogP contribution in [0.25, 0.3) is 39.5 Å². The number of nitrogens with two attached hydrogens (primary N) is 1. The lowest BCUT2D eigenvalue weighted by molar-refractivity contribution is -0.118. The Kier molecular flexibility index (Phi) is 6.99. The van der Waals surface area contributed by atoms with Crippen LogP contribution in [0.15, 0.2) is 97.7 Å². The van der Waals surface area contributed by atoms with E-state index in [2.05, 4.69) is 62.7 Å². The SMILES string of the molecule is C=CC(=O)NC1CCC2(CC1)CN(Cc1ccc(-n3c(-c4cccnc4N)nc4ccc(-c5ccccc5)nc43)cc1)C2. The van der Waals surface area contributed by atoms with Crippen molar-refractivity contribution in [3.63, 3.8) is 0 Å². The van der Waals surface area contributed by atoms with E-state index < -0.39 is 0 Å². The summed E-state index contributed by atoms with van der Waals surface area (Å²) in [5.74, 6) is 1.09.